The number of aromatic amines is 2. The topological polar surface area (TPSA) is 57.4 Å². The van der Waals surface area contributed by atoms with Crippen LogP contribution in [0.4, 0.5) is 0 Å². The van der Waals surface area contributed by atoms with Crippen LogP contribution in [0.15, 0.2) is 145 Å². The van der Waals surface area contributed by atoms with Gasteiger partial charge in [-0.25, -0.2) is 4.98 Å². The summed E-state index contributed by atoms with van der Waals surface area (Å²) in [5.74, 6) is 0. The zero-order chi connectivity index (χ0) is 23.3. The molecule has 6 rings (SSSR count). The third-order valence-corrected chi connectivity index (χ3v) is 4.35. The van der Waals surface area contributed by atoms with Crippen LogP contribution in [0.3, 0.4) is 0 Å². The van der Waals surface area contributed by atoms with Crippen LogP contribution in [0.25, 0.3) is 0 Å². The third-order valence-electron chi connectivity index (χ3n) is 3.72. The number of rotatable bonds is 0. The zero-order valence-electron chi connectivity index (χ0n) is 19.0. The van der Waals surface area contributed by atoms with E-state index in [1.807, 2.05) is 102 Å². The Labute approximate surface area is 202 Å². The zero-order valence-corrected chi connectivity index (χ0v) is 19.8. The Morgan fingerprint density at radius 2 is 1.03 bits per heavy atom. The van der Waals surface area contributed by atoms with Crippen molar-refractivity contribution in [2.45, 2.75) is 25.7 Å². The highest BCUT2D eigenvalue weighted by Gasteiger charge is 1.87. The van der Waals surface area contributed by atoms with E-state index in [2.05, 4.69) is 32.1 Å². The second-order valence-corrected chi connectivity index (χ2v) is 7.19. The van der Waals surface area contributed by atoms with Gasteiger partial charge in [0.2, 0.25) is 0 Å². The highest BCUT2D eigenvalue weighted by atomic mass is 32.1. The summed E-state index contributed by atoms with van der Waals surface area (Å²) in [7, 11) is 0. The molecule has 4 aromatic heterocycles. The molecule has 0 aliphatic heterocycles. The van der Waals surface area contributed by atoms with Gasteiger partial charge < -0.3 is 9.97 Å². The van der Waals surface area contributed by atoms with E-state index < -0.39 is 0 Å². The number of nitrogens with one attached hydrogen (secondary N) is 2. The van der Waals surface area contributed by atoms with Gasteiger partial charge in [-0.3, -0.25) is 4.98 Å². The predicted molar refractivity (Wildman–Crippen MR) is 142 cm³/mol. The Hall–Kier alpha value is -3.70. The first kappa shape index (κ1) is 27.3. The summed E-state index contributed by atoms with van der Waals surface area (Å²) in [4.78, 5) is 13.1. The Balaban J connectivity index is 0.000000198. The van der Waals surface area contributed by atoms with Crippen molar-refractivity contribution in [3.63, 3.8) is 0 Å². The quantitative estimate of drug-likeness (QED) is 0.231. The smallest absolute Gasteiger partial charge is 0.0919 e. The first-order valence-electron chi connectivity index (χ1n) is 11.0. The Kier molecular flexibility index (Phi) is 20.4. The van der Waals surface area contributed by atoms with E-state index >= 15 is 0 Å². The van der Waals surface area contributed by atoms with Crippen LogP contribution < -0.4 is 0 Å². The van der Waals surface area contributed by atoms with Gasteiger partial charge in [0.25, 0.3) is 0 Å². The van der Waals surface area contributed by atoms with Gasteiger partial charge in [0.05, 0.1) is 6.33 Å². The molecule has 5 heteroatoms. The molecule has 1 aromatic carbocycles. The van der Waals surface area contributed by atoms with Gasteiger partial charge in [-0.05, 0) is 60.7 Å². The highest BCUT2D eigenvalue weighted by molar-refractivity contribution is 7.07. The van der Waals surface area contributed by atoms with Crippen LogP contribution in [0, 0.1) is 0 Å². The lowest BCUT2D eigenvalue weighted by Crippen LogP contribution is -1.77. The molecule has 0 bridgehead atoms. The molecular formula is C28H34N4S. The third kappa shape index (κ3) is 22.8. The van der Waals surface area contributed by atoms with Gasteiger partial charge >= 0.3 is 0 Å². The van der Waals surface area contributed by atoms with Crippen molar-refractivity contribution in [2.24, 2.45) is 0 Å². The van der Waals surface area contributed by atoms with Crippen LogP contribution in [0.5, 0.6) is 0 Å². The molecule has 0 fully saturated rings. The van der Waals surface area contributed by atoms with Crippen molar-refractivity contribution in [3.8, 4) is 0 Å². The van der Waals surface area contributed by atoms with Crippen LogP contribution in [-0.2, 0) is 0 Å². The average molecular weight is 459 g/mol. The highest BCUT2D eigenvalue weighted by Crippen LogP contribution is 2.07. The van der Waals surface area contributed by atoms with Gasteiger partial charge in [0.1, 0.15) is 0 Å². The summed E-state index contributed by atoms with van der Waals surface area (Å²) in [5, 5.41) is 4.08. The fourth-order valence-electron chi connectivity index (χ4n) is 2.18. The standard InChI is InChI=1S/C6H10.C6H6.C5H5N.C4H5N.C4H4S.C3H4N2/c3*1-2-4-6-5-3-1;2*1-2-4-5-3-1;1-2-5-3-4-1/h1-2H,3-6H2;1-6H;1-5H;1-5H;1-4H;1-3H,(H,4,5). The van der Waals surface area contributed by atoms with Crippen LogP contribution >= 0.6 is 11.3 Å². The molecule has 5 aromatic rings. The maximum absolute atomic E-state index is 3.78. The maximum Gasteiger partial charge on any atom is 0.0919 e. The molecule has 4 heterocycles. The number of hydrogen-bond donors (Lipinski definition) is 2. The number of nitrogens with zero attached hydrogens (tertiary/aromatic N) is 2. The fraction of sp³-hybridized carbons (Fsp3) is 0.143. The molecule has 4 nitrogen and oxygen atoms in total. The molecule has 0 radical (unpaired) electrons. The van der Waals surface area contributed by atoms with E-state index in [1.54, 1.807) is 42.5 Å². The maximum atomic E-state index is 3.78. The van der Waals surface area contributed by atoms with Crippen molar-refractivity contribution in [3.05, 3.63) is 145 Å². The van der Waals surface area contributed by atoms with Crippen molar-refractivity contribution in [1.29, 1.82) is 0 Å². The van der Waals surface area contributed by atoms with Crippen molar-refractivity contribution >= 4 is 11.3 Å². The molecule has 1 aliphatic carbocycles. The second kappa shape index (κ2) is 24.6. The number of pyridine rings is 1. The summed E-state index contributed by atoms with van der Waals surface area (Å²) < 4.78 is 0. The first-order chi connectivity index (χ1) is 16.5. The minimum Gasteiger partial charge on any atom is -0.368 e. The number of thiophene rings is 1. The molecule has 2 N–H and O–H groups in total. The second-order valence-electron chi connectivity index (χ2n) is 6.37. The molecule has 0 saturated carbocycles. The predicted octanol–water partition coefficient (Wildman–Crippen LogP) is 8.06. The van der Waals surface area contributed by atoms with Crippen LogP contribution in [0.1, 0.15) is 25.7 Å². The number of H-pyrrole nitrogens is 2. The Bertz CT molecular complexity index is 698. The van der Waals surface area contributed by atoms with Gasteiger partial charge in [-0.15, -0.1) is 0 Å². The van der Waals surface area contributed by atoms with Crippen LogP contribution in [-0.4, -0.2) is 19.9 Å². The van der Waals surface area contributed by atoms with E-state index in [0.717, 1.165) is 0 Å². The summed E-state index contributed by atoms with van der Waals surface area (Å²) in [5.41, 5.74) is 0. The van der Waals surface area contributed by atoms with Gasteiger partial charge in [0, 0.05) is 37.2 Å². The lowest BCUT2D eigenvalue weighted by atomic mass is 10.1. The van der Waals surface area contributed by atoms with E-state index in [1.165, 1.54) is 25.7 Å². The number of hydrogen-bond acceptors (Lipinski definition) is 3. The minimum atomic E-state index is 1.32. The van der Waals surface area contributed by atoms with E-state index in [0.29, 0.717) is 0 Å². The summed E-state index contributed by atoms with van der Waals surface area (Å²) in [6.45, 7) is 0. The monoisotopic (exact) mass is 458 g/mol. The fourth-order valence-corrected chi connectivity index (χ4v) is 2.63. The lowest BCUT2D eigenvalue weighted by molar-refractivity contribution is 0.730. The van der Waals surface area contributed by atoms with Gasteiger partial charge in [-0.2, -0.15) is 11.3 Å². The normalized spacial score (nSPS) is 10.4. The molecule has 0 unspecified atom stereocenters. The Morgan fingerprint density at radius 1 is 0.485 bits per heavy atom. The number of aromatic nitrogens is 4. The Morgan fingerprint density at radius 3 is 1.21 bits per heavy atom. The summed E-state index contributed by atoms with van der Waals surface area (Å²) in [6, 6.07) is 25.6. The summed E-state index contributed by atoms with van der Waals surface area (Å²) >= 11 is 1.71. The van der Waals surface area contributed by atoms with Crippen molar-refractivity contribution in [1.82, 2.24) is 19.9 Å². The molecule has 0 spiro atoms. The first-order valence-corrected chi connectivity index (χ1v) is 11.9. The molecule has 0 amide bonds. The molecular weight excluding hydrogens is 424 g/mol. The van der Waals surface area contributed by atoms with E-state index in [-0.39, 0.29) is 0 Å². The van der Waals surface area contributed by atoms with Crippen molar-refractivity contribution < 1.29 is 0 Å². The number of allylic oxidation sites excluding steroid dienone is 2. The number of imidazole rings is 1. The molecule has 33 heavy (non-hydrogen) atoms. The molecule has 0 saturated heterocycles. The minimum absolute atomic E-state index is 1.32. The van der Waals surface area contributed by atoms with Gasteiger partial charge in [-0.1, -0.05) is 66.7 Å². The van der Waals surface area contributed by atoms with E-state index in [4.69, 9.17) is 0 Å². The number of benzene rings is 1. The van der Waals surface area contributed by atoms with Crippen LogP contribution in [0.2, 0.25) is 0 Å². The van der Waals surface area contributed by atoms with Gasteiger partial charge in [0.15, 0.2) is 0 Å². The lowest BCUT2D eigenvalue weighted by Gasteiger charge is -1.97. The molecule has 1 aliphatic rings. The summed E-state index contributed by atoms with van der Waals surface area (Å²) in [6.07, 6.45) is 22.3. The largest absolute Gasteiger partial charge is 0.368 e. The molecule has 172 valence electrons. The average Bonchev–Trinajstić information content (AvgIpc) is 3.76. The van der Waals surface area contributed by atoms with E-state index in [9.17, 15) is 0 Å². The SMILES string of the molecule is C1=CCCCC1.c1c[nH]cn1.c1cc[nH]c1.c1ccccc1.c1ccncc1.c1ccsc1. The molecule has 0 atom stereocenters. The van der Waals surface area contributed by atoms with Crippen molar-refractivity contribution in [2.75, 3.05) is 0 Å².